The van der Waals surface area contributed by atoms with E-state index in [1.807, 2.05) is 6.07 Å². The predicted molar refractivity (Wildman–Crippen MR) is 111 cm³/mol. The molecule has 29 heavy (non-hydrogen) atoms. The van der Waals surface area contributed by atoms with E-state index >= 15 is 0 Å². The summed E-state index contributed by atoms with van der Waals surface area (Å²) in [6.07, 6.45) is 5.30. The first kappa shape index (κ1) is 17.2. The minimum atomic E-state index is -0.318. The van der Waals surface area contributed by atoms with Gasteiger partial charge in [-0.15, -0.1) is 0 Å². The van der Waals surface area contributed by atoms with Gasteiger partial charge >= 0.3 is 0 Å². The summed E-state index contributed by atoms with van der Waals surface area (Å²) in [6, 6.07) is 14.9. The molecule has 5 heteroatoms. The molecule has 1 saturated carbocycles. The summed E-state index contributed by atoms with van der Waals surface area (Å²) in [5, 5.41) is 7.44. The van der Waals surface area contributed by atoms with Crippen molar-refractivity contribution in [3.05, 3.63) is 53.6 Å². The lowest BCUT2D eigenvalue weighted by Crippen LogP contribution is -2.55. The van der Waals surface area contributed by atoms with Gasteiger partial charge in [0.15, 0.2) is 17.2 Å². The van der Waals surface area contributed by atoms with E-state index in [4.69, 9.17) is 19.3 Å². The summed E-state index contributed by atoms with van der Waals surface area (Å²) in [5.74, 6) is 3.42. The molecule has 2 aromatic rings. The van der Waals surface area contributed by atoms with E-state index in [0.717, 1.165) is 53.7 Å². The zero-order valence-corrected chi connectivity index (χ0v) is 16.8. The van der Waals surface area contributed by atoms with Crippen LogP contribution in [0.1, 0.15) is 56.2 Å². The van der Waals surface area contributed by atoms with Crippen molar-refractivity contribution < 1.29 is 14.2 Å². The zero-order chi connectivity index (χ0) is 19.4. The Hall–Kier alpha value is -2.69. The summed E-state index contributed by atoms with van der Waals surface area (Å²) >= 11 is 0. The first-order valence-electron chi connectivity index (χ1n) is 10.8. The third-order valence-corrected chi connectivity index (χ3v) is 6.84. The Morgan fingerprint density at radius 1 is 0.966 bits per heavy atom. The van der Waals surface area contributed by atoms with Gasteiger partial charge < -0.3 is 14.2 Å². The Morgan fingerprint density at radius 3 is 2.62 bits per heavy atom. The minimum absolute atomic E-state index is 0.233. The first-order valence-corrected chi connectivity index (χ1v) is 10.8. The van der Waals surface area contributed by atoms with Crippen LogP contribution in [0.15, 0.2) is 47.6 Å². The van der Waals surface area contributed by atoms with Gasteiger partial charge in [-0.1, -0.05) is 25.1 Å². The van der Waals surface area contributed by atoms with E-state index in [2.05, 4.69) is 48.3 Å². The molecule has 0 unspecified atom stereocenters. The average molecular weight is 390 g/mol. The standard InChI is InChI=1S/C24H26N2O3/c1-16-8-10-24(11-9-16)26-20(18-4-2-3-5-21(18)29-24)15-19(25-26)17-6-7-22-23(14-17)28-13-12-27-22/h2-7,14,16,20H,8-13,15H2,1H3/t16?,20-,24?/m0/s1. The number of hydrogen-bond donors (Lipinski definition) is 0. The summed E-state index contributed by atoms with van der Waals surface area (Å²) in [4.78, 5) is 0. The lowest BCUT2D eigenvalue weighted by atomic mass is 9.82. The van der Waals surface area contributed by atoms with Crippen LogP contribution in [0.25, 0.3) is 0 Å². The van der Waals surface area contributed by atoms with Crippen LogP contribution >= 0.6 is 0 Å². The first-order chi connectivity index (χ1) is 14.2. The number of benzene rings is 2. The second-order valence-corrected chi connectivity index (χ2v) is 8.74. The maximum absolute atomic E-state index is 6.67. The molecule has 2 aromatic carbocycles. The minimum Gasteiger partial charge on any atom is -0.486 e. The fraction of sp³-hybridized carbons (Fsp3) is 0.458. The van der Waals surface area contributed by atoms with E-state index < -0.39 is 0 Å². The molecule has 5 nitrogen and oxygen atoms in total. The maximum atomic E-state index is 6.67. The molecule has 1 fully saturated rings. The highest BCUT2D eigenvalue weighted by Gasteiger charge is 2.51. The van der Waals surface area contributed by atoms with Gasteiger partial charge in [0.2, 0.25) is 0 Å². The third kappa shape index (κ3) is 2.70. The molecule has 6 rings (SSSR count). The Kier molecular flexibility index (Phi) is 3.80. The van der Waals surface area contributed by atoms with E-state index in [0.29, 0.717) is 13.2 Å². The lowest BCUT2D eigenvalue weighted by Gasteiger charge is -2.50. The molecule has 1 spiro atoms. The fourth-order valence-electron chi connectivity index (χ4n) is 5.17. The van der Waals surface area contributed by atoms with Crippen LogP contribution in [0.2, 0.25) is 0 Å². The maximum Gasteiger partial charge on any atom is 0.198 e. The highest BCUT2D eigenvalue weighted by atomic mass is 16.6. The number of hydrogen-bond acceptors (Lipinski definition) is 5. The molecule has 1 atom stereocenters. The van der Waals surface area contributed by atoms with Crippen molar-refractivity contribution in [3.63, 3.8) is 0 Å². The normalized spacial score (nSPS) is 29.7. The molecule has 1 aliphatic carbocycles. The summed E-state index contributed by atoms with van der Waals surface area (Å²) in [6.45, 7) is 3.55. The second kappa shape index (κ2) is 6.41. The molecule has 0 saturated heterocycles. The van der Waals surface area contributed by atoms with Crippen molar-refractivity contribution >= 4 is 5.71 Å². The van der Waals surface area contributed by atoms with Crippen LogP contribution in [0, 0.1) is 5.92 Å². The largest absolute Gasteiger partial charge is 0.486 e. The highest BCUT2D eigenvalue weighted by Crippen LogP contribution is 2.52. The SMILES string of the molecule is CC1CCC2(CC1)Oc1ccccc1[C@@H]1CC(c3ccc4c(c3)OCCO4)=NN12. The predicted octanol–water partition coefficient (Wildman–Crippen LogP) is 4.91. The van der Waals surface area contributed by atoms with Crippen LogP contribution in [0.3, 0.4) is 0 Å². The smallest absolute Gasteiger partial charge is 0.198 e. The number of ether oxygens (including phenoxy) is 3. The van der Waals surface area contributed by atoms with Gasteiger partial charge in [0.25, 0.3) is 0 Å². The van der Waals surface area contributed by atoms with Crippen molar-refractivity contribution in [2.45, 2.75) is 50.8 Å². The topological polar surface area (TPSA) is 43.3 Å². The van der Waals surface area contributed by atoms with Gasteiger partial charge in [-0.25, -0.2) is 5.01 Å². The fourth-order valence-corrected chi connectivity index (χ4v) is 5.17. The Morgan fingerprint density at radius 2 is 1.76 bits per heavy atom. The molecular weight excluding hydrogens is 364 g/mol. The van der Waals surface area contributed by atoms with Gasteiger partial charge in [-0.3, -0.25) is 0 Å². The van der Waals surface area contributed by atoms with Gasteiger partial charge in [0.1, 0.15) is 19.0 Å². The van der Waals surface area contributed by atoms with Crippen LogP contribution in [-0.4, -0.2) is 29.7 Å². The van der Waals surface area contributed by atoms with Crippen molar-refractivity contribution in [2.75, 3.05) is 13.2 Å². The van der Waals surface area contributed by atoms with E-state index in [-0.39, 0.29) is 11.8 Å². The Bertz CT molecular complexity index is 978. The lowest BCUT2D eigenvalue weighted by molar-refractivity contribution is -0.145. The van der Waals surface area contributed by atoms with Gasteiger partial charge in [-0.05, 0) is 43.0 Å². The van der Waals surface area contributed by atoms with Gasteiger partial charge in [-0.2, -0.15) is 5.10 Å². The zero-order valence-electron chi connectivity index (χ0n) is 16.8. The number of nitrogens with zero attached hydrogens (tertiary/aromatic N) is 2. The molecule has 0 radical (unpaired) electrons. The third-order valence-electron chi connectivity index (χ3n) is 6.84. The number of hydrazone groups is 1. The Labute approximate surface area is 171 Å². The van der Waals surface area contributed by atoms with Crippen molar-refractivity contribution in [3.8, 4) is 17.2 Å². The van der Waals surface area contributed by atoms with Crippen molar-refractivity contribution in [1.82, 2.24) is 5.01 Å². The van der Waals surface area contributed by atoms with E-state index in [9.17, 15) is 0 Å². The number of rotatable bonds is 1. The van der Waals surface area contributed by atoms with E-state index in [1.165, 1.54) is 18.4 Å². The van der Waals surface area contributed by atoms with Crippen LogP contribution in [-0.2, 0) is 0 Å². The average Bonchev–Trinajstić information content (AvgIpc) is 3.22. The van der Waals surface area contributed by atoms with Crippen LogP contribution in [0.4, 0.5) is 0 Å². The molecule has 3 aliphatic heterocycles. The highest BCUT2D eigenvalue weighted by molar-refractivity contribution is 6.02. The molecule has 4 aliphatic rings. The molecule has 150 valence electrons. The van der Waals surface area contributed by atoms with E-state index in [1.54, 1.807) is 0 Å². The summed E-state index contributed by atoms with van der Waals surface area (Å²) in [5.41, 5.74) is 3.14. The molecule has 3 heterocycles. The molecule has 0 bridgehead atoms. The van der Waals surface area contributed by atoms with Crippen LogP contribution < -0.4 is 14.2 Å². The quantitative estimate of drug-likeness (QED) is 0.694. The summed E-state index contributed by atoms with van der Waals surface area (Å²) < 4.78 is 18.2. The summed E-state index contributed by atoms with van der Waals surface area (Å²) in [7, 11) is 0. The van der Waals surface area contributed by atoms with Crippen molar-refractivity contribution in [1.29, 1.82) is 0 Å². The Balaban J connectivity index is 1.40. The number of fused-ring (bicyclic) bond motifs is 5. The van der Waals surface area contributed by atoms with Gasteiger partial charge in [0.05, 0.1) is 11.8 Å². The molecule has 0 aromatic heterocycles. The number of para-hydroxylation sites is 1. The second-order valence-electron chi connectivity index (χ2n) is 8.74. The monoisotopic (exact) mass is 390 g/mol. The molecular formula is C24H26N2O3. The van der Waals surface area contributed by atoms with Crippen LogP contribution in [0.5, 0.6) is 17.2 Å². The van der Waals surface area contributed by atoms with Crippen molar-refractivity contribution in [2.24, 2.45) is 11.0 Å². The molecule has 0 N–H and O–H groups in total. The van der Waals surface area contributed by atoms with Gasteiger partial charge in [0, 0.05) is 30.4 Å². The molecule has 0 amide bonds.